The van der Waals surface area contributed by atoms with Gasteiger partial charge in [0.05, 0.1) is 0 Å². The van der Waals surface area contributed by atoms with Crippen molar-refractivity contribution in [3.8, 4) is 11.5 Å². The van der Waals surface area contributed by atoms with Crippen LogP contribution < -0.4 is 9.05 Å². The van der Waals surface area contributed by atoms with Crippen LogP contribution in [0.25, 0.3) is 0 Å². The Bertz CT molecular complexity index is 627. The summed E-state index contributed by atoms with van der Waals surface area (Å²) in [7, 11) is -1.59. The molecule has 4 heteroatoms. The highest BCUT2D eigenvalue weighted by Crippen LogP contribution is 2.48. The maximum atomic E-state index is 6.41. The van der Waals surface area contributed by atoms with Gasteiger partial charge in [0.1, 0.15) is 11.5 Å². The second-order valence-electron chi connectivity index (χ2n) is 7.89. The highest BCUT2D eigenvalue weighted by atomic mass is 35.7. The van der Waals surface area contributed by atoms with E-state index in [1.54, 1.807) is 0 Å². The van der Waals surface area contributed by atoms with E-state index >= 15 is 0 Å². The predicted octanol–water partition coefficient (Wildman–Crippen LogP) is 7.21. The molecule has 24 heavy (non-hydrogen) atoms. The van der Waals surface area contributed by atoms with E-state index in [0.29, 0.717) is 0 Å². The summed E-state index contributed by atoms with van der Waals surface area (Å²) in [4.78, 5) is 0. The molecular weight excluding hydrogens is 339 g/mol. The average Bonchev–Trinajstić information content (AvgIpc) is 2.46. The molecule has 0 fully saturated rings. The maximum Gasteiger partial charge on any atom is 0.401 e. The van der Waals surface area contributed by atoms with E-state index in [9.17, 15) is 0 Å². The van der Waals surface area contributed by atoms with E-state index in [2.05, 4.69) is 53.7 Å². The molecule has 0 amide bonds. The largest absolute Gasteiger partial charge is 0.427 e. The zero-order valence-corrected chi connectivity index (χ0v) is 16.9. The molecule has 0 saturated carbocycles. The Morgan fingerprint density at radius 3 is 1.33 bits per heavy atom. The van der Waals surface area contributed by atoms with E-state index in [1.165, 1.54) is 0 Å². The molecule has 0 saturated heterocycles. The molecule has 0 unspecified atom stereocenters. The van der Waals surface area contributed by atoms with Gasteiger partial charge in [0, 0.05) is 0 Å². The van der Waals surface area contributed by atoms with Crippen molar-refractivity contribution < 1.29 is 9.05 Å². The number of benzene rings is 2. The summed E-state index contributed by atoms with van der Waals surface area (Å²) >= 11 is 6.41. The lowest BCUT2D eigenvalue weighted by Crippen LogP contribution is -2.13. The van der Waals surface area contributed by atoms with E-state index in [-0.39, 0.29) is 10.8 Å². The van der Waals surface area contributed by atoms with Crippen molar-refractivity contribution in [1.82, 2.24) is 0 Å². The van der Waals surface area contributed by atoms with Gasteiger partial charge < -0.3 is 9.05 Å². The molecule has 2 rings (SSSR count). The van der Waals surface area contributed by atoms with Gasteiger partial charge in [-0.15, -0.1) is 0 Å². The molecule has 0 aliphatic carbocycles. The molecule has 0 spiro atoms. The Labute approximate surface area is 151 Å². The number of para-hydroxylation sites is 2. The third kappa shape index (κ3) is 4.88. The fourth-order valence-electron chi connectivity index (χ4n) is 2.50. The molecule has 0 radical (unpaired) electrons. The Hall–Kier alpha value is -1.24. The summed E-state index contributed by atoms with van der Waals surface area (Å²) in [5.41, 5.74) is 2.19. The van der Waals surface area contributed by atoms with Crippen LogP contribution in [-0.2, 0) is 10.8 Å². The fourth-order valence-corrected chi connectivity index (χ4v) is 3.62. The molecule has 0 bridgehead atoms. The van der Waals surface area contributed by atoms with Crippen molar-refractivity contribution in [2.24, 2.45) is 0 Å². The van der Waals surface area contributed by atoms with Crippen LogP contribution in [-0.4, -0.2) is 0 Å². The fraction of sp³-hybridized carbons (Fsp3) is 0.400. The minimum atomic E-state index is -1.59. The molecule has 2 aromatic carbocycles. The van der Waals surface area contributed by atoms with Crippen molar-refractivity contribution in [2.45, 2.75) is 52.4 Å². The molecule has 0 atom stereocenters. The van der Waals surface area contributed by atoms with Crippen LogP contribution in [0.1, 0.15) is 52.7 Å². The summed E-state index contributed by atoms with van der Waals surface area (Å²) in [6, 6.07) is 16.0. The highest BCUT2D eigenvalue weighted by Gasteiger charge is 2.24. The first kappa shape index (κ1) is 19.1. The number of halogens is 1. The average molecular weight is 365 g/mol. The standard InChI is InChI=1S/C20H26ClO2P/c1-19(2,3)15-11-7-9-13-17(15)22-24(21)23-18-14-10-8-12-16(18)20(4,5)6/h7-14H,1-6H3. The predicted molar refractivity (Wildman–Crippen MR) is 104 cm³/mol. The van der Waals surface area contributed by atoms with Gasteiger partial charge in [-0.1, -0.05) is 77.9 Å². The van der Waals surface area contributed by atoms with Gasteiger partial charge in [-0.2, -0.15) is 0 Å². The Kier molecular flexibility index (Phi) is 5.83. The molecular formula is C20H26ClO2P. The van der Waals surface area contributed by atoms with Gasteiger partial charge >= 0.3 is 7.73 Å². The molecule has 0 aromatic heterocycles. The van der Waals surface area contributed by atoms with Gasteiger partial charge in [0.25, 0.3) is 0 Å². The van der Waals surface area contributed by atoms with Gasteiger partial charge in [-0.25, -0.2) is 0 Å². The van der Waals surface area contributed by atoms with Crippen molar-refractivity contribution in [3.05, 3.63) is 59.7 Å². The smallest absolute Gasteiger partial charge is 0.401 e. The lowest BCUT2D eigenvalue weighted by molar-refractivity contribution is 0.473. The van der Waals surface area contributed by atoms with Crippen molar-refractivity contribution in [1.29, 1.82) is 0 Å². The Balaban J connectivity index is 2.21. The lowest BCUT2D eigenvalue weighted by Gasteiger charge is -2.25. The van der Waals surface area contributed by atoms with Crippen LogP contribution in [0.4, 0.5) is 0 Å². The molecule has 0 N–H and O–H groups in total. The third-order valence-corrected chi connectivity index (χ3v) is 4.82. The van der Waals surface area contributed by atoms with Gasteiger partial charge in [-0.3, -0.25) is 0 Å². The summed E-state index contributed by atoms with van der Waals surface area (Å²) in [6.45, 7) is 12.9. The zero-order chi connectivity index (χ0) is 18.0. The SMILES string of the molecule is CC(C)(C)c1ccccc1OP(Cl)Oc1ccccc1C(C)(C)C. The van der Waals surface area contributed by atoms with Crippen LogP contribution in [0.2, 0.25) is 0 Å². The Morgan fingerprint density at radius 2 is 1.00 bits per heavy atom. The Morgan fingerprint density at radius 1 is 0.667 bits per heavy atom. The lowest BCUT2D eigenvalue weighted by atomic mass is 9.86. The maximum absolute atomic E-state index is 6.41. The van der Waals surface area contributed by atoms with Crippen LogP contribution >= 0.6 is 19.0 Å². The van der Waals surface area contributed by atoms with Gasteiger partial charge in [-0.05, 0) is 45.3 Å². The monoisotopic (exact) mass is 364 g/mol. The molecule has 0 heterocycles. The minimum Gasteiger partial charge on any atom is -0.427 e. The molecule has 130 valence electrons. The van der Waals surface area contributed by atoms with Crippen LogP contribution in [0.5, 0.6) is 11.5 Å². The number of hydrogen-bond donors (Lipinski definition) is 0. The van der Waals surface area contributed by atoms with Crippen molar-refractivity contribution in [2.75, 3.05) is 0 Å². The first-order valence-corrected chi connectivity index (χ1v) is 10.2. The second-order valence-corrected chi connectivity index (χ2v) is 9.51. The zero-order valence-electron chi connectivity index (χ0n) is 15.3. The van der Waals surface area contributed by atoms with E-state index in [4.69, 9.17) is 20.3 Å². The quantitative estimate of drug-likeness (QED) is 0.534. The second kappa shape index (κ2) is 7.33. The molecule has 2 aromatic rings. The summed E-state index contributed by atoms with van der Waals surface area (Å²) in [5, 5.41) is 0. The van der Waals surface area contributed by atoms with Gasteiger partial charge in [0.2, 0.25) is 0 Å². The van der Waals surface area contributed by atoms with Gasteiger partial charge in [0.15, 0.2) is 0 Å². The van der Waals surface area contributed by atoms with Crippen molar-refractivity contribution >= 4 is 19.0 Å². The number of hydrogen-bond acceptors (Lipinski definition) is 2. The van der Waals surface area contributed by atoms with E-state index in [0.717, 1.165) is 22.6 Å². The third-order valence-electron chi connectivity index (χ3n) is 3.73. The first-order valence-electron chi connectivity index (χ1n) is 8.10. The van der Waals surface area contributed by atoms with E-state index < -0.39 is 7.73 Å². The first-order chi connectivity index (χ1) is 11.1. The molecule has 2 nitrogen and oxygen atoms in total. The van der Waals surface area contributed by atoms with Crippen LogP contribution in [0.3, 0.4) is 0 Å². The van der Waals surface area contributed by atoms with Crippen molar-refractivity contribution in [3.63, 3.8) is 0 Å². The molecule has 0 aliphatic rings. The summed E-state index contributed by atoms with van der Waals surface area (Å²) in [5.74, 6) is 1.55. The highest BCUT2D eigenvalue weighted by molar-refractivity contribution is 7.76. The number of rotatable bonds is 4. The topological polar surface area (TPSA) is 18.5 Å². The summed E-state index contributed by atoms with van der Waals surface area (Å²) in [6.07, 6.45) is 0. The minimum absolute atomic E-state index is 0.0209. The van der Waals surface area contributed by atoms with Crippen LogP contribution in [0.15, 0.2) is 48.5 Å². The van der Waals surface area contributed by atoms with E-state index in [1.807, 2.05) is 36.4 Å². The molecule has 0 aliphatic heterocycles. The normalized spacial score (nSPS) is 12.3. The summed E-state index contributed by atoms with van der Waals surface area (Å²) < 4.78 is 11.9. The van der Waals surface area contributed by atoms with Crippen LogP contribution in [0, 0.1) is 0 Å².